The van der Waals surface area contributed by atoms with Gasteiger partial charge in [-0.15, -0.1) is 0 Å². The smallest absolute Gasteiger partial charge is 0.239 e. The minimum atomic E-state index is 0.00781. The summed E-state index contributed by atoms with van der Waals surface area (Å²) in [5.41, 5.74) is 4.18. The first-order valence-electron chi connectivity index (χ1n) is 11.2. The topological polar surface area (TPSA) is 53.4 Å². The van der Waals surface area contributed by atoms with Gasteiger partial charge in [-0.25, -0.2) is 4.98 Å². The molecule has 2 atom stereocenters. The van der Waals surface area contributed by atoms with Gasteiger partial charge in [-0.05, 0) is 62.2 Å². The SMILES string of the molecule is C[C@H](c1ccc(Cl)cc1Cl)n1cnc2ccc(N3CCN(C(=O)C4CCCN4)CC3)cc21. The van der Waals surface area contributed by atoms with Crippen LogP contribution in [0.15, 0.2) is 42.7 Å². The third-order valence-electron chi connectivity index (χ3n) is 6.70. The Hall–Kier alpha value is -2.28. The van der Waals surface area contributed by atoms with Crippen molar-refractivity contribution in [3.63, 3.8) is 0 Å². The van der Waals surface area contributed by atoms with Crippen molar-refractivity contribution in [2.75, 3.05) is 37.6 Å². The van der Waals surface area contributed by atoms with E-state index >= 15 is 0 Å². The lowest BCUT2D eigenvalue weighted by Crippen LogP contribution is -2.53. The summed E-state index contributed by atoms with van der Waals surface area (Å²) in [7, 11) is 0. The van der Waals surface area contributed by atoms with Gasteiger partial charge in [-0.3, -0.25) is 4.79 Å². The van der Waals surface area contributed by atoms with E-state index in [2.05, 4.69) is 44.9 Å². The molecule has 6 nitrogen and oxygen atoms in total. The van der Waals surface area contributed by atoms with Crippen LogP contribution in [-0.4, -0.2) is 59.1 Å². The Kier molecular flexibility index (Phi) is 6.01. The summed E-state index contributed by atoms with van der Waals surface area (Å²) in [6.45, 7) is 6.23. The Morgan fingerprint density at radius 3 is 2.66 bits per heavy atom. The molecule has 0 spiro atoms. The van der Waals surface area contributed by atoms with Gasteiger partial charge in [0.25, 0.3) is 0 Å². The first-order chi connectivity index (χ1) is 15.5. The van der Waals surface area contributed by atoms with Crippen LogP contribution in [-0.2, 0) is 4.79 Å². The highest BCUT2D eigenvalue weighted by Crippen LogP contribution is 2.32. The molecule has 2 aliphatic rings. The molecule has 2 fully saturated rings. The third-order valence-corrected chi connectivity index (χ3v) is 7.27. The van der Waals surface area contributed by atoms with Crippen molar-refractivity contribution in [3.8, 4) is 0 Å². The fourth-order valence-electron chi connectivity index (χ4n) is 4.81. The van der Waals surface area contributed by atoms with Gasteiger partial charge in [0.1, 0.15) is 0 Å². The van der Waals surface area contributed by atoms with Crippen LogP contribution in [0.1, 0.15) is 31.4 Å². The molecule has 8 heteroatoms. The molecule has 0 bridgehead atoms. The fourth-order valence-corrected chi connectivity index (χ4v) is 5.38. The number of carbonyl (C=O) groups is 1. The van der Waals surface area contributed by atoms with Crippen LogP contribution in [0.25, 0.3) is 11.0 Å². The van der Waals surface area contributed by atoms with Crippen LogP contribution in [0.2, 0.25) is 10.0 Å². The minimum absolute atomic E-state index is 0.00781. The highest BCUT2D eigenvalue weighted by Gasteiger charge is 2.29. The maximum Gasteiger partial charge on any atom is 0.239 e. The number of hydrogen-bond donors (Lipinski definition) is 1. The summed E-state index contributed by atoms with van der Waals surface area (Å²) in [6, 6.07) is 12.0. The highest BCUT2D eigenvalue weighted by molar-refractivity contribution is 6.35. The Bertz CT molecular complexity index is 1130. The molecule has 2 aromatic carbocycles. The number of nitrogens with zero attached hydrogens (tertiary/aromatic N) is 4. The van der Waals surface area contributed by atoms with E-state index in [1.807, 2.05) is 23.4 Å². The Morgan fingerprint density at radius 1 is 1.12 bits per heavy atom. The van der Waals surface area contributed by atoms with Crippen LogP contribution >= 0.6 is 23.2 Å². The van der Waals surface area contributed by atoms with E-state index in [1.54, 1.807) is 6.07 Å². The zero-order valence-corrected chi connectivity index (χ0v) is 19.6. The number of benzene rings is 2. The number of piperazine rings is 1. The maximum absolute atomic E-state index is 12.7. The molecule has 2 aliphatic heterocycles. The number of amides is 1. The molecule has 0 radical (unpaired) electrons. The molecular formula is C24H27Cl2N5O. The number of hydrogen-bond acceptors (Lipinski definition) is 4. The van der Waals surface area contributed by atoms with Gasteiger partial charge in [0, 0.05) is 41.9 Å². The molecule has 32 heavy (non-hydrogen) atoms. The summed E-state index contributed by atoms with van der Waals surface area (Å²) in [5, 5.41) is 4.60. The van der Waals surface area contributed by atoms with Crippen LogP contribution in [0.3, 0.4) is 0 Å². The van der Waals surface area contributed by atoms with E-state index in [4.69, 9.17) is 23.2 Å². The molecule has 1 aromatic heterocycles. The standard InChI is InChI=1S/C24H27Cl2N5O/c1-16(19-6-4-17(25)13-20(19)26)31-15-28-21-7-5-18(14-23(21)31)29-9-11-30(12-10-29)24(32)22-3-2-8-27-22/h4-7,13-16,22,27H,2-3,8-12H2,1H3/t16-,22?/m1/s1. The third kappa shape index (κ3) is 4.07. The van der Waals surface area contributed by atoms with Crippen molar-refractivity contribution in [1.82, 2.24) is 19.8 Å². The lowest BCUT2D eigenvalue weighted by atomic mass is 10.1. The summed E-state index contributed by atoms with van der Waals surface area (Å²) >= 11 is 12.5. The summed E-state index contributed by atoms with van der Waals surface area (Å²) in [4.78, 5) is 21.7. The van der Waals surface area contributed by atoms with Crippen molar-refractivity contribution in [2.24, 2.45) is 0 Å². The number of nitrogens with one attached hydrogen (secondary N) is 1. The molecule has 2 saturated heterocycles. The van der Waals surface area contributed by atoms with Gasteiger partial charge >= 0.3 is 0 Å². The monoisotopic (exact) mass is 471 g/mol. The summed E-state index contributed by atoms with van der Waals surface area (Å²) in [5.74, 6) is 0.254. The van der Waals surface area contributed by atoms with Crippen LogP contribution in [0.5, 0.6) is 0 Å². The average Bonchev–Trinajstić information content (AvgIpc) is 3.48. The Balaban J connectivity index is 1.34. The maximum atomic E-state index is 12.7. The van der Waals surface area contributed by atoms with Crippen molar-refractivity contribution in [3.05, 3.63) is 58.3 Å². The number of rotatable bonds is 4. The normalized spacial score (nSPS) is 20.2. The van der Waals surface area contributed by atoms with Crippen LogP contribution in [0, 0.1) is 0 Å². The van der Waals surface area contributed by atoms with E-state index in [1.165, 1.54) is 0 Å². The van der Waals surface area contributed by atoms with Crippen LogP contribution in [0.4, 0.5) is 5.69 Å². The fraction of sp³-hybridized carbons (Fsp3) is 0.417. The number of halogens is 2. The first-order valence-corrected chi connectivity index (χ1v) is 12.0. The predicted molar refractivity (Wildman–Crippen MR) is 130 cm³/mol. The minimum Gasteiger partial charge on any atom is -0.368 e. The second kappa shape index (κ2) is 8.93. The lowest BCUT2D eigenvalue weighted by Gasteiger charge is -2.37. The molecule has 5 rings (SSSR count). The molecule has 1 N–H and O–H groups in total. The average molecular weight is 472 g/mol. The largest absolute Gasteiger partial charge is 0.368 e. The van der Waals surface area contributed by atoms with E-state index in [0.717, 1.165) is 67.8 Å². The van der Waals surface area contributed by atoms with Gasteiger partial charge in [0.15, 0.2) is 0 Å². The second-order valence-corrected chi connectivity index (χ2v) is 9.47. The van der Waals surface area contributed by atoms with Gasteiger partial charge in [-0.1, -0.05) is 29.3 Å². The molecule has 3 aromatic rings. The van der Waals surface area contributed by atoms with Crippen molar-refractivity contribution >= 4 is 45.8 Å². The van der Waals surface area contributed by atoms with E-state index in [-0.39, 0.29) is 18.0 Å². The molecule has 0 aliphatic carbocycles. The summed E-state index contributed by atoms with van der Waals surface area (Å²) in [6.07, 6.45) is 3.91. The molecule has 1 amide bonds. The lowest BCUT2D eigenvalue weighted by molar-refractivity contribution is -0.133. The van der Waals surface area contributed by atoms with Gasteiger partial charge in [-0.2, -0.15) is 0 Å². The quantitative estimate of drug-likeness (QED) is 0.614. The van der Waals surface area contributed by atoms with Crippen molar-refractivity contribution in [2.45, 2.75) is 31.8 Å². The van der Waals surface area contributed by atoms with Gasteiger partial charge in [0.05, 0.1) is 29.4 Å². The summed E-state index contributed by atoms with van der Waals surface area (Å²) < 4.78 is 2.15. The highest BCUT2D eigenvalue weighted by atomic mass is 35.5. The Morgan fingerprint density at radius 2 is 1.94 bits per heavy atom. The molecule has 168 valence electrons. The first kappa shape index (κ1) is 21.6. The van der Waals surface area contributed by atoms with Gasteiger partial charge < -0.3 is 19.7 Å². The van der Waals surface area contributed by atoms with Gasteiger partial charge in [0.2, 0.25) is 5.91 Å². The van der Waals surface area contributed by atoms with Crippen LogP contribution < -0.4 is 10.2 Å². The van der Waals surface area contributed by atoms with Crippen molar-refractivity contribution in [1.29, 1.82) is 0 Å². The second-order valence-electron chi connectivity index (χ2n) is 8.63. The van der Waals surface area contributed by atoms with E-state index < -0.39 is 0 Å². The van der Waals surface area contributed by atoms with E-state index in [9.17, 15) is 4.79 Å². The molecule has 0 saturated carbocycles. The van der Waals surface area contributed by atoms with Crippen molar-refractivity contribution < 1.29 is 4.79 Å². The van der Waals surface area contributed by atoms with E-state index in [0.29, 0.717) is 10.0 Å². The zero-order valence-electron chi connectivity index (χ0n) is 18.1. The molecule has 1 unspecified atom stereocenters. The zero-order chi connectivity index (χ0) is 22.2. The number of fused-ring (bicyclic) bond motifs is 1. The number of carbonyl (C=O) groups excluding carboxylic acids is 1. The predicted octanol–water partition coefficient (Wildman–Crippen LogP) is 4.35. The number of anilines is 1. The number of aromatic nitrogens is 2. The molecule has 3 heterocycles. The number of imidazole rings is 1. The molecular weight excluding hydrogens is 445 g/mol. The Labute approximate surface area is 198 Å².